The molecule has 2 aliphatic rings. The summed E-state index contributed by atoms with van der Waals surface area (Å²) in [5.74, 6) is -1.25. The van der Waals surface area contributed by atoms with Gasteiger partial charge in [0, 0.05) is 12.5 Å². The van der Waals surface area contributed by atoms with Gasteiger partial charge >= 0.3 is 5.97 Å². The van der Waals surface area contributed by atoms with Crippen molar-refractivity contribution in [2.24, 2.45) is 5.92 Å². The Morgan fingerprint density at radius 3 is 2.68 bits per heavy atom. The van der Waals surface area contributed by atoms with Crippen LogP contribution in [0, 0.1) is 5.92 Å². The molecular weight excluding hydrogens is 246 g/mol. The Labute approximate surface area is 113 Å². The highest BCUT2D eigenvalue weighted by atomic mass is 16.5. The lowest BCUT2D eigenvalue weighted by molar-refractivity contribution is -0.142. The van der Waals surface area contributed by atoms with Gasteiger partial charge in [0.05, 0.1) is 18.1 Å². The number of ether oxygens (including phenoxy) is 1. The SMILES string of the molecule is CC1CCC(CCC(=O)N[C@@H]2CCC[C@@H]2C(=O)O)O1. The summed E-state index contributed by atoms with van der Waals surface area (Å²) in [6.07, 6.45) is 6.08. The van der Waals surface area contributed by atoms with Gasteiger partial charge in [0.15, 0.2) is 0 Å². The van der Waals surface area contributed by atoms with Crippen LogP contribution in [0.2, 0.25) is 0 Å². The summed E-state index contributed by atoms with van der Waals surface area (Å²) in [4.78, 5) is 22.9. The summed E-state index contributed by atoms with van der Waals surface area (Å²) < 4.78 is 5.67. The number of hydrogen-bond donors (Lipinski definition) is 2. The smallest absolute Gasteiger partial charge is 0.308 e. The van der Waals surface area contributed by atoms with Crippen LogP contribution < -0.4 is 5.32 Å². The van der Waals surface area contributed by atoms with Gasteiger partial charge in [0.1, 0.15) is 0 Å². The van der Waals surface area contributed by atoms with E-state index in [0.29, 0.717) is 18.9 Å². The van der Waals surface area contributed by atoms with Gasteiger partial charge in [-0.25, -0.2) is 0 Å². The molecule has 0 aromatic rings. The second-order valence-corrected chi connectivity index (χ2v) is 5.73. The quantitative estimate of drug-likeness (QED) is 0.796. The van der Waals surface area contributed by atoms with Crippen LogP contribution in [-0.2, 0) is 14.3 Å². The molecule has 2 N–H and O–H groups in total. The van der Waals surface area contributed by atoms with Crippen molar-refractivity contribution in [3.05, 3.63) is 0 Å². The fourth-order valence-electron chi connectivity index (χ4n) is 3.10. The molecular formula is C14H23NO4. The van der Waals surface area contributed by atoms with Crippen molar-refractivity contribution in [2.75, 3.05) is 0 Å². The highest BCUT2D eigenvalue weighted by Crippen LogP contribution is 2.26. The van der Waals surface area contributed by atoms with Crippen LogP contribution in [0.15, 0.2) is 0 Å². The third-order valence-electron chi connectivity index (χ3n) is 4.19. The number of rotatable bonds is 5. The van der Waals surface area contributed by atoms with E-state index in [-0.39, 0.29) is 18.1 Å². The van der Waals surface area contributed by atoms with E-state index in [0.717, 1.165) is 32.1 Å². The van der Waals surface area contributed by atoms with E-state index in [4.69, 9.17) is 9.84 Å². The van der Waals surface area contributed by atoms with E-state index in [1.54, 1.807) is 0 Å². The Balaban J connectivity index is 1.70. The summed E-state index contributed by atoms with van der Waals surface area (Å²) >= 11 is 0. The number of carboxylic acids is 1. The number of hydrogen-bond acceptors (Lipinski definition) is 3. The van der Waals surface area contributed by atoms with Gasteiger partial charge in [-0.2, -0.15) is 0 Å². The van der Waals surface area contributed by atoms with Gasteiger partial charge in [-0.15, -0.1) is 0 Å². The zero-order valence-corrected chi connectivity index (χ0v) is 11.4. The molecule has 1 saturated carbocycles. The van der Waals surface area contributed by atoms with E-state index in [9.17, 15) is 9.59 Å². The maximum atomic E-state index is 11.8. The van der Waals surface area contributed by atoms with E-state index >= 15 is 0 Å². The highest BCUT2D eigenvalue weighted by Gasteiger charge is 2.33. The van der Waals surface area contributed by atoms with Gasteiger partial charge in [0.2, 0.25) is 5.91 Å². The summed E-state index contributed by atoms with van der Waals surface area (Å²) in [5, 5.41) is 11.9. The minimum Gasteiger partial charge on any atom is -0.481 e. The molecule has 0 aromatic carbocycles. The van der Waals surface area contributed by atoms with Crippen molar-refractivity contribution < 1.29 is 19.4 Å². The van der Waals surface area contributed by atoms with Gasteiger partial charge in [-0.05, 0) is 39.0 Å². The molecule has 1 aliphatic heterocycles. The second kappa shape index (κ2) is 6.37. The first-order valence-corrected chi connectivity index (χ1v) is 7.24. The lowest BCUT2D eigenvalue weighted by atomic mass is 10.0. The average molecular weight is 269 g/mol. The Bertz CT molecular complexity index is 344. The number of amides is 1. The lowest BCUT2D eigenvalue weighted by Crippen LogP contribution is -2.40. The zero-order valence-electron chi connectivity index (χ0n) is 11.4. The highest BCUT2D eigenvalue weighted by molar-refractivity contribution is 5.78. The first-order chi connectivity index (χ1) is 9.06. The second-order valence-electron chi connectivity index (χ2n) is 5.73. The van der Waals surface area contributed by atoms with Gasteiger partial charge in [0.25, 0.3) is 0 Å². The van der Waals surface area contributed by atoms with Crippen LogP contribution in [-0.4, -0.2) is 35.2 Å². The fraction of sp³-hybridized carbons (Fsp3) is 0.857. The third kappa shape index (κ3) is 3.93. The molecule has 4 atom stereocenters. The predicted octanol–water partition coefficient (Wildman–Crippen LogP) is 1.70. The van der Waals surface area contributed by atoms with Crippen molar-refractivity contribution in [1.29, 1.82) is 0 Å². The Kier molecular flexibility index (Phi) is 4.80. The van der Waals surface area contributed by atoms with E-state index in [1.165, 1.54) is 0 Å². The number of carboxylic acid groups (broad SMARTS) is 1. The van der Waals surface area contributed by atoms with Crippen molar-refractivity contribution >= 4 is 11.9 Å². The summed E-state index contributed by atoms with van der Waals surface area (Å²) in [6, 6.07) is -0.187. The fourth-order valence-corrected chi connectivity index (χ4v) is 3.10. The maximum absolute atomic E-state index is 11.8. The minimum absolute atomic E-state index is 0.0405. The number of carbonyl (C=O) groups excluding carboxylic acids is 1. The van der Waals surface area contributed by atoms with E-state index < -0.39 is 11.9 Å². The molecule has 0 aromatic heterocycles. The van der Waals surface area contributed by atoms with Crippen molar-refractivity contribution in [1.82, 2.24) is 5.32 Å². The topological polar surface area (TPSA) is 75.6 Å². The number of nitrogens with one attached hydrogen (secondary N) is 1. The van der Waals surface area contributed by atoms with Gasteiger partial charge < -0.3 is 15.2 Å². The molecule has 5 nitrogen and oxygen atoms in total. The summed E-state index contributed by atoms with van der Waals surface area (Å²) in [6.45, 7) is 2.05. The Morgan fingerprint density at radius 2 is 2.05 bits per heavy atom. The lowest BCUT2D eigenvalue weighted by Gasteiger charge is -2.18. The van der Waals surface area contributed by atoms with Crippen LogP contribution in [0.25, 0.3) is 0 Å². The van der Waals surface area contributed by atoms with Crippen molar-refractivity contribution in [2.45, 2.75) is 70.1 Å². The molecule has 0 spiro atoms. The Morgan fingerprint density at radius 1 is 1.26 bits per heavy atom. The van der Waals surface area contributed by atoms with E-state index in [2.05, 4.69) is 12.2 Å². The standard InChI is InChI=1S/C14H23NO4/c1-9-5-6-10(19-9)7-8-13(16)15-12-4-2-3-11(12)14(17)18/h9-12H,2-8H2,1H3,(H,15,16)(H,17,18)/t9?,10?,11-,12+/m0/s1. The van der Waals surface area contributed by atoms with Crippen LogP contribution in [0.5, 0.6) is 0 Å². The molecule has 1 heterocycles. The molecule has 1 aliphatic carbocycles. The predicted molar refractivity (Wildman–Crippen MR) is 69.7 cm³/mol. The monoisotopic (exact) mass is 269 g/mol. The average Bonchev–Trinajstić information content (AvgIpc) is 2.95. The molecule has 2 fully saturated rings. The molecule has 1 saturated heterocycles. The molecule has 108 valence electrons. The molecule has 2 unspecified atom stereocenters. The normalized spacial score (nSPS) is 34.4. The molecule has 0 bridgehead atoms. The van der Waals surface area contributed by atoms with Gasteiger partial charge in [-0.1, -0.05) is 6.42 Å². The number of carbonyl (C=O) groups is 2. The first kappa shape index (κ1) is 14.3. The van der Waals surface area contributed by atoms with Crippen molar-refractivity contribution in [3.8, 4) is 0 Å². The van der Waals surface area contributed by atoms with E-state index in [1.807, 2.05) is 0 Å². The van der Waals surface area contributed by atoms with Gasteiger partial charge in [-0.3, -0.25) is 9.59 Å². The Hall–Kier alpha value is -1.10. The third-order valence-corrected chi connectivity index (χ3v) is 4.19. The molecule has 2 rings (SSSR count). The number of aliphatic carboxylic acids is 1. The molecule has 5 heteroatoms. The summed E-state index contributed by atoms with van der Waals surface area (Å²) in [5.41, 5.74) is 0. The molecule has 1 amide bonds. The van der Waals surface area contributed by atoms with Crippen LogP contribution >= 0.6 is 0 Å². The maximum Gasteiger partial charge on any atom is 0.308 e. The molecule has 19 heavy (non-hydrogen) atoms. The molecule has 0 radical (unpaired) electrons. The largest absolute Gasteiger partial charge is 0.481 e. The minimum atomic E-state index is -0.796. The summed E-state index contributed by atoms with van der Waals surface area (Å²) in [7, 11) is 0. The first-order valence-electron chi connectivity index (χ1n) is 7.24. The zero-order chi connectivity index (χ0) is 13.8. The van der Waals surface area contributed by atoms with Crippen molar-refractivity contribution in [3.63, 3.8) is 0 Å². The van der Waals surface area contributed by atoms with Crippen LogP contribution in [0.1, 0.15) is 51.9 Å². The van der Waals surface area contributed by atoms with Crippen LogP contribution in [0.3, 0.4) is 0 Å². The van der Waals surface area contributed by atoms with Crippen LogP contribution in [0.4, 0.5) is 0 Å².